The molecule has 0 spiro atoms. The first-order valence-electron chi connectivity index (χ1n) is 8.90. The number of carbonyl (C=O) groups is 3. The maximum atomic E-state index is 12.3. The van der Waals surface area contributed by atoms with Crippen molar-refractivity contribution in [1.29, 1.82) is 5.26 Å². The van der Waals surface area contributed by atoms with Gasteiger partial charge in [0.15, 0.2) is 0 Å². The maximum absolute atomic E-state index is 12.3. The number of imide groups is 1. The molecule has 0 unspecified atom stereocenters. The van der Waals surface area contributed by atoms with E-state index in [9.17, 15) is 19.6 Å². The molecule has 0 bridgehead atoms. The highest BCUT2D eigenvalue weighted by Crippen LogP contribution is 2.38. The highest BCUT2D eigenvalue weighted by molar-refractivity contribution is 7.16. The lowest BCUT2D eigenvalue weighted by Gasteiger charge is -2.13. The van der Waals surface area contributed by atoms with Crippen molar-refractivity contribution in [2.75, 3.05) is 11.9 Å². The molecule has 0 radical (unpaired) electrons. The molecule has 2 heterocycles. The normalized spacial score (nSPS) is 14.9. The number of benzene rings is 1. The Morgan fingerprint density at radius 1 is 1.19 bits per heavy atom. The molecule has 0 saturated heterocycles. The molecular formula is C20H17N3O3S. The van der Waals surface area contributed by atoms with E-state index in [0.717, 1.165) is 24.8 Å². The third-order valence-corrected chi connectivity index (χ3v) is 6.16. The van der Waals surface area contributed by atoms with Gasteiger partial charge in [-0.2, -0.15) is 5.26 Å². The number of thiophene rings is 1. The average molecular weight is 379 g/mol. The molecule has 136 valence electrons. The molecule has 27 heavy (non-hydrogen) atoms. The van der Waals surface area contributed by atoms with Crippen LogP contribution >= 0.6 is 11.3 Å². The average Bonchev–Trinajstić information content (AvgIpc) is 3.30. The van der Waals surface area contributed by atoms with Crippen LogP contribution in [0.25, 0.3) is 0 Å². The summed E-state index contributed by atoms with van der Waals surface area (Å²) in [5.41, 5.74) is 2.49. The predicted octanol–water partition coefficient (Wildman–Crippen LogP) is 3.12. The number of anilines is 1. The predicted molar refractivity (Wildman–Crippen MR) is 101 cm³/mol. The van der Waals surface area contributed by atoms with E-state index in [-0.39, 0.29) is 30.7 Å². The van der Waals surface area contributed by atoms with E-state index >= 15 is 0 Å². The molecule has 0 fully saturated rings. The summed E-state index contributed by atoms with van der Waals surface area (Å²) >= 11 is 1.48. The number of nitrogens with one attached hydrogen (secondary N) is 1. The molecule has 4 rings (SSSR count). The molecule has 3 amide bonds. The van der Waals surface area contributed by atoms with Gasteiger partial charge in [-0.25, -0.2) is 0 Å². The number of aryl methyl sites for hydroxylation is 1. The number of hydrogen-bond donors (Lipinski definition) is 1. The Morgan fingerprint density at radius 2 is 1.89 bits per heavy atom. The van der Waals surface area contributed by atoms with Crippen LogP contribution in [0.1, 0.15) is 56.0 Å². The quantitative estimate of drug-likeness (QED) is 0.808. The molecule has 7 heteroatoms. The highest BCUT2D eigenvalue weighted by Gasteiger charge is 2.34. The molecule has 1 aromatic carbocycles. The third-order valence-electron chi connectivity index (χ3n) is 4.95. The molecule has 1 N–H and O–H groups in total. The summed E-state index contributed by atoms with van der Waals surface area (Å²) in [5, 5.41) is 12.8. The number of nitriles is 1. The molecule has 0 saturated carbocycles. The number of carbonyl (C=O) groups excluding carboxylic acids is 3. The van der Waals surface area contributed by atoms with Crippen LogP contribution in [0, 0.1) is 11.3 Å². The summed E-state index contributed by atoms with van der Waals surface area (Å²) < 4.78 is 0. The highest BCUT2D eigenvalue weighted by atomic mass is 32.1. The summed E-state index contributed by atoms with van der Waals surface area (Å²) in [7, 11) is 0. The summed E-state index contributed by atoms with van der Waals surface area (Å²) in [6, 6.07) is 8.94. The van der Waals surface area contributed by atoms with Crippen LogP contribution in [0.4, 0.5) is 5.00 Å². The number of rotatable bonds is 5. The van der Waals surface area contributed by atoms with Gasteiger partial charge in [0.2, 0.25) is 5.91 Å². The van der Waals surface area contributed by atoms with Gasteiger partial charge in [-0.1, -0.05) is 12.1 Å². The number of nitrogens with zero attached hydrogens (tertiary/aromatic N) is 2. The monoisotopic (exact) mass is 379 g/mol. The Hall–Kier alpha value is -2.98. The largest absolute Gasteiger partial charge is 0.317 e. The van der Waals surface area contributed by atoms with Crippen molar-refractivity contribution in [2.45, 2.75) is 32.1 Å². The minimum absolute atomic E-state index is 0.181. The van der Waals surface area contributed by atoms with E-state index in [1.807, 2.05) is 0 Å². The van der Waals surface area contributed by atoms with Crippen molar-refractivity contribution in [3.63, 3.8) is 0 Å². The van der Waals surface area contributed by atoms with Crippen LogP contribution in [0.2, 0.25) is 0 Å². The first-order chi connectivity index (χ1) is 13.1. The standard InChI is InChI=1S/C20H17N3O3S/c21-11-15-12-7-3-8-16(12)27-18(15)22-17(24)9-4-10-23-19(25)13-5-1-2-6-14(13)20(23)26/h1-2,5-6H,3-4,7-10H2,(H,22,24). The lowest BCUT2D eigenvalue weighted by Crippen LogP contribution is -2.31. The summed E-state index contributed by atoms with van der Waals surface area (Å²) in [6.45, 7) is 0.200. The molecule has 6 nitrogen and oxygen atoms in total. The van der Waals surface area contributed by atoms with Gasteiger partial charge in [0.25, 0.3) is 11.8 Å². The fraction of sp³-hybridized carbons (Fsp3) is 0.300. The van der Waals surface area contributed by atoms with E-state index in [4.69, 9.17) is 0 Å². The second-order valence-corrected chi connectivity index (χ2v) is 7.74. The molecule has 2 aliphatic rings. The van der Waals surface area contributed by atoms with Gasteiger partial charge in [0, 0.05) is 17.8 Å². The van der Waals surface area contributed by atoms with Gasteiger partial charge in [-0.05, 0) is 43.4 Å². The fourth-order valence-corrected chi connectivity index (χ4v) is 4.90. The van der Waals surface area contributed by atoms with Gasteiger partial charge >= 0.3 is 0 Å². The van der Waals surface area contributed by atoms with Crippen LogP contribution in [-0.4, -0.2) is 29.2 Å². The Kier molecular flexibility index (Phi) is 4.50. The molecular weight excluding hydrogens is 362 g/mol. The first-order valence-corrected chi connectivity index (χ1v) is 9.71. The van der Waals surface area contributed by atoms with Crippen molar-refractivity contribution >= 4 is 34.1 Å². The van der Waals surface area contributed by atoms with E-state index in [2.05, 4.69) is 11.4 Å². The third kappa shape index (κ3) is 3.02. The van der Waals surface area contributed by atoms with Crippen molar-refractivity contribution in [1.82, 2.24) is 4.90 Å². The molecule has 0 atom stereocenters. The molecule has 1 aromatic heterocycles. The minimum Gasteiger partial charge on any atom is -0.317 e. The van der Waals surface area contributed by atoms with Crippen molar-refractivity contribution in [3.8, 4) is 6.07 Å². The fourth-order valence-electron chi connectivity index (χ4n) is 3.64. The SMILES string of the molecule is N#Cc1c(NC(=O)CCCN2C(=O)c3ccccc3C2=O)sc2c1CCC2. The lowest BCUT2D eigenvalue weighted by atomic mass is 10.1. The van der Waals surface area contributed by atoms with Crippen LogP contribution in [0.15, 0.2) is 24.3 Å². The van der Waals surface area contributed by atoms with Crippen molar-refractivity contribution in [3.05, 3.63) is 51.4 Å². The van der Waals surface area contributed by atoms with Crippen LogP contribution in [-0.2, 0) is 17.6 Å². The minimum atomic E-state index is -0.308. The summed E-state index contributed by atoms with van der Waals surface area (Å²) in [6.07, 6.45) is 3.48. The maximum Gasteiger partial charge on any atom is 0.261 e. The Morgan fingerprint density at radius 3 is 2.56 bits per heavy atom. The van der Waals surface area contributed by atoms with Crippen molar-refractivity contribution < 1.29 is 14.4 Å². The summed E-state index contributed by atoms with van der Waals surface area (Å²) in [4.78, 5) is 39.3. The van der Waals surface area contributed by atoms with Crippen molar-refractivity contribution in [2.24, 2.45) is 0 Å². The zero-order valence-corrected chi connectivity index (χ0v) is 15.4. The first kappa shape index (κ1) is 17.4. The molecule has 1 aliphatic carbocycles. The van der Waals surface area contributed by atoms with Crippen LogP contribution in [0.3, 0.4) is 0 Å². The lowest BCUT2D eigenvalue weighted by molar-refractivity contribution is -0.116. The number of hydrogen-bond acceptors (Lipinski definition) is 5. The van der Waals surface area contributed by atoms with Gasteiger partial charge < -0.3 is 5.32 Å². The van der Waals surface area contributed by atoms with E-state index in [0.29, 0.717) is 28.1 Å². The van der Waals surface area contributed by atoms with Gasteiger partial charge in [0.05, 0.1) is 16.7 Å². The van der Waals surface area contributed by atoms with Gasteiger partial charge in [-0.3, -0.25) is 19.3 Å². The Labute approximate surface area is 160 Å². The Bertz CT molecular complexity index is 967. The van der Waals surface area contributed by atoms with E-state index < -0.39 is 0 Å². The second-order valence-electron chi connectivity index (χ2n) is 6.63. The number of amides is 3. The molecule has 1 aliphatic heterocycles. The topological polar surface area (TPSA) is 90.3 Å². The zero-order chi connectivity index (χ0) is 19.0. The number of fused-ring (bicyclic) bond motifs is 2. The van der Waals surface area contributed by atoms with E-state index in [1.54, 1.807) is 24.3 Å². The second kappa shape index (κ2) is 6.97. The smallest absolute Gasteiger partial charge is 0.261 e. The van der Waals surface area contributed by atoms with Crippen LogP contribution < -0.4 is 5.32 Å². The van der Waals surface area contributed by atoms with Gasteiger partial charge in [-0.15, -0.1) is 11.3 Å². The van der Waals surface area contributed by atoms with Gasteiger partial charge in [0.1, 0.15) is 11.1 Å². The van der Waals surface area contributed by atoms with Crippen LogP contribution in [0.5, 0.6) is 0 Å². The molecule has 2 aromatic rings. The Balaban J connectivity index is 1.34. The summed E-state index contributed by atoms with van der Waals surface area (Å²) in [5.74, 6) is -0.821. The zero-order valence-electron chi connectivity index (χ0n) is 14.6. The van der Waals surface area contributed by atoms with E-state index in [1.165, 1.54) is 21.1 Å².